The van der Waals surface area contributed by atoms with Crippen LogP contribution in [-0.4, -0.2) is 11.2 Å². The van der Waals surface area contributed by atoms with Crippen molar-refractivity contribution in [3.05, 3.63) is 46.6 Å². The summed E-state index contributed by atoms with van der Waals surface area (Å²) < 4.78 is 0. The summed E-state index contributed by atoms with van der Waals surface area (Å²) in [6.07, 6.45) is 3.07. The molecule has 0 heterocycles. The van der Waals surface area contributed by atoms with Gasteiger partial charge in [-0.05, 0) is 65.9 Å². The van der Waals surface area contributed by atoms with Crippen molar-refractivity contribution >= 4 is 0 Å². The van der Waals surface area contributed by atoms with Gasteiger partial charge in [-0.25, -0.2) is 0 Å². The van der Waals surface area contributed by atoms with Gasteiger partial charge in [0.2, 0.25) is 0 Å². The summed E-state index contributed by atoms with van der Waals surface area (Å²) >= 11 is 0. The highest BCUT2D eigenvalue weighted by atomic mass is 16.3. The van der Waals surface area contributed by atoms with Crippen molar-refractivity contribution in [1.29, 1.82) is 0 Å². The molecule has 102 valence electrons. The van der Waals surface area contributed by atoms with Crippen molar-refractivity contribution in [2.45, 2.75) is 46.1 Å². The fraction of sp³-hybridized carbons (Fsp3) is 0.556. The lowest BCUT2D eigenvalue weighted by Crippen LogP contribution is -2.27. The summed E-state index contributed by atoms with van der Waals surface area (Å²) in [7, 11) is 0. The first-order chi connectivity index (χ1) is 8.93. The standard InChI is InChI=1S/C18H24O/c1-9-6-7-14-8-15-13(5)18(19)12(4)11(3)17(15)16(14)10(9)2/h9-10,15,18-19H,4-8H2,1-3H3. The summed E-state index contributed by atoms with van der Waals surface area (Å²) in [5, 5.41) is 10.3. The molecule has 0 saturated carbocycles. The Morgan fingerprint density at radius 1 is 1.16 bits per heavy atom. The van der Waals surface area contributed by atoms with Crippen LogP contribution in [0, 0.1) is 17.8 Å². The zero-order valence-electron chi connectivity index (χ0n) is 12.3. The molecule has 1 heteroatoms. The minimum atomic E-state index is -0.539. The van der Waals surface area contributed by atoms with Crippen molar-refractivity contribution in [2.24, 2.45) is 17.8 Å². The van der Waals surface area contributed by atoms with Crippen LogP contribution in [0.15, 0.2) is 46.6 Å². The molecule has 0 aromatic heterocycles. The molecule has 1 nitrogen and oxygen atoms in total. The summed E-state index contributed by atoms with van der Waals surface area (Å²) in [5.41, 5.74) is 7.68. The van der Waals surface area contributed by atoms with E-state index in [1.54, 1.807) is 11.1 Å². The van der Waals surface area contributed by atoms with Gasteiger partial charge in [0, 0.05) is 5.92 Å². The van der Waals surface area contributed by atoms with Gasteiger partial charge in [-0.15, -0.1) is 0 Å². The zero-order chi connectivity index (χ0) is 13.9. The Kier molecular flexibility index (Phi) is 2.86. The fourth-order valence-corrected chi connectivity index (χ4v) is 4.15. The maximum Gasteiger partial charge on any atom is 0.100 e. The quantitative estimate of drug-likeness (QED) is 0.645. The lowest BCUT2D eigenvalue weighted by molar-refractivity contribution is 0.234. The molecule has 3 aliphatic carbocycles. The molecule has 0 radical (unpaired) electrons. The van der Waals surface area contributed by atoms with Crippen LogP contribution < -0.4 is 0 Å². The van der Waals surface area contributed by atoms with Crippen LogP contribution in [0.4, 0.5) is 0 Å². The van der Waals surface area contributed by atoms with Crippen molar-refractivity contribution in [2.75, 3.05) is 0 Å². The molecular weight excluding hydrogens is 232 g/mol. The van der Waals surface area contributed by atoms with Crippen LogP contribution in [0.3, 0.4) is 0 Å². The number of rotatable bonds is 0. The third kappa shape index (κ3) is 1.64. The minimum Gasteiger partial charge on any atom is -0.384 e. The number of hydrogen-bond acceptors (Lipinski definition) is 1. The summed E-state index contributed by atoms with van der Waals surface area (Å²) in [4.78, 5) is 0. The largest absolute Gasteiger partial charge is 0.384 e. The molecule has 3 rings (SSSR count). The van der Waals surface area contributed by atoms with Crippen molar-refractivity contribution in [3.63, 3.8) is 0 Å². The van der Waals surface area contributed by atoms with E-state index < -0.39 is 6.10 Å². The fourth-order valence-electron chi connectivity index (χ4n) is 4.15. The van der Waals surface area contributed by atoms with Gasteiger partial charge in [0.25, 0.3) is 0 Å². The molecule has 0 saturated heterocycles. The van der Waals surface area contributed by atoms with E-state index in [0.717, 1.165) is 23.5 Å². The molecule has 3 aliphatic rings. The van der Waals surface area contributed by atoms with E-state index in [9.17, 15) is 5.11 Å². The molecular formula is C18H24O. The molecule has 4 atom stereocenters. The first-order valence-electron chi connectivity index (χ1n) is 7.42. The Bertz CT molecular complexity index is 532. The van der Waals surface area contributed by atoms with Crippen molar-refractivity contribution < 1.29 is 5.11 Å². The Morgan fingerprint density at radius 3 is 2.53 bits per heavy atom. The van der Waals surface area contributed by atoms with Gasteiger partial charge >= 0.3 is 0 Å². The van der Waals surface area contributed by atoms with Crippen LogP contribution >= 0.6 is 0 Å². The molecule has 0 spiro atoms. The molecule has 0 aromatic rings. The van der Waals surface area contributed by atoms with E-state index >= 15 is 0 Å². The van der Waals surface area contributed by atoms with Gasteiger partial charge in [-0.3, -0.25) is 0 Å². The normalized spacial score (nSPS) is 38.7. The molecule has 1 N–H and O–H groups in total. The first kappa shape index (κ1) is 12.9. The SMILES string of the molecule is C=C1C(C)=C2C3=C(CCC(C)C3C)CC2C(=C)C1O. The van der Waals surface area contributed by atoms with E-state index in [1.165, 1.54) is 24.0 Å². The van der Waals surface area contributed by atoms with Crippen LogP contribution in [0.5, 0.6) is 0 Å². The predicted octanol–water partition coefficient (Wildman–Crippen LogP) is 4.17. The second-order valence-corrected chi connectivity index (χ2v) is 6.62. The highest BCUT2D eigenvalue weighted by Crippen LogP contribution is 2.54. The number of fused-ring (bicyclic) bond motifs is 2. The van der Waals surface area contributed by atoms with Gasteiger partial charge in [-0.2, -0.15) is 0 Å². The second kappa shape index (κ2) is 4.21. The summed E-state index contributed by atoms with van der Waals surface area (Å²) in [6, 6.07) is 0. The Balaban J connectivity index is 2.14. The Labute approximate surface area is 116 Å². The monoisotopic (exact) mass is 256 g/mol. The van der Waals surface area contributed by atoms with E-state index in [1.807, 2.05) is 0 Å². The lowest BCUT2D eigenvalue weighted by Gasteiger charge is -2.34. The first-order valence-corrected chi connectivity index (χ1v) is 7.42. The molecule has 4 unspecified atom stereocenters. The average Bonchev–Trinajstić information content (AvgIpc) is 2.78. The molecule has 0 aromatic carbocycles. The topological polar surface area (TPSA) is 20.2 Å². The smallest absolute Gasteiger partial charge is 0.100 e. The van der Waals surface area contributed by atoms with E-state index in [4.69, 9.17) is 0 Å². The van der Waals surface area contributed by atoms with E-state index in [0.29, 0.717) is 11.8 Å². The molecule has 19 heavy (non-hydrogen) atoms. The van der Waals surface area contributed by atoms with Gasteiger partial charge < -0.3 is 5.11 Å². The second-order valence-electron chi connectivity index (χ2n) is 6.62. The average molecular weight is 256 g/mol. The predicted molar refractivity (Wildman–Crippen MR) is 79.7 cm³/mol. The Morgan fingerprint density at radius 2 is 1.84 bits per heavy atom. The van der Waals surface area contributed by atoms with Crippen LogP contribution in [0.2, 0.25) is 0 Å². The van der Waals surface area contributed by atoms with Gasteiger partial charge in [-0.1, -0.05) is 32.6 Å². The molecule has 0 bridgehead atoms. The van der Waals surface area contributed by atoms with E-state index in [2.05, 4.69) is 33.9 Å². The number of aliphatic hydroxyl groups is 1. The minimum absolute atomic E-state index is 0.346. The van der Waals surface area contributed by atoms with E-state index in [-0.39, 0.29) is 0 Å². The zero-order valence-corrected chi connectivity index (χ0v) is 12.3. The summed E-state index contributed by atoms with van der Waals surface area (Å²) in [6.45, 7) is 15.1. The van der Waals surface area contributed by atoms with Crippen LogP contribution in [-0.2, 0) is 0 Å². The van der Waals surface area contributed by atoms with Crippen LogP contribution in [0.1, 0.15) is 40.0 Å². The number of aliphatic hydroxyl groups excluding tert-OH is 1. The number of hydrogen-bond donors (Lipinski definition) is 1. The third-order valence-electron chi connectivity index (χ3n) is 5.69. The number of allylic oxidation sites excluding steroid dienone is 3. The molecule has 0 amide bonds. The third-order valence-corrected chi connectivity index (χ3v) is 5.69. The lowest BCUT2D eigenvalue weighted by atomic mass is 9.72. The van der Waals surface area contributed by atoms with Gasteiger partial charge in [0.15, 0.2) is 0 Å². The van der Waals surface area contributed by atoms with Crippen molar-refractivity contribution in [3.8, 4) is 0 Å². The molecule has 0 fully saturated rings. The highest BCUT2D eigenvalue weighted by molar-refractivity contribution is 5.60. The van der Waals surface area contributed by atoms with Crippen LogP contribution in [0.25, 0.3) is 0 Å². The van der Waals surface area contributed by atoms with Crippen molar-refractivity contribution in [1.82, 2.24) is 0 Å². The maximum absolute atomic E-state index is 10.3. The Hall–Kier alpha value is -1.08. The maximum atomic E-state index is 10.3. The summed E-state index contributed by atoms with van der Waals surface area (Å²) in [5.74, 6) is 1.74. The highest BCUT2D eigenvalue weighted by Gasteiger charge is 2.42. The molecule has 0 aliphatic heterocycles. The van der Waals surface area contributed by atoms with Gasteiger partial charge in [0.05, 0.1) is 0 Å². The van der Waals surface area contributed by atoms with Gasteiger partial charge in [0.1, 0.15) is 6.10 Å².